The summed E-state index contributed by atoms with van der Waals surface area (Å²) < 4.78 is 25.6. The molecule has 1 saturated heterocycles. The Labute approximate surface area is 206 Å². The highest BCUT2D eigenvalue weighted by Gasteiger charge is 2.33. The lowest BCUT2D eigenvalue weighted by molar-refractivity contribution is -0.117. The zero-order valence-electron chi connectivity index (χ0n) is 19.5. The van der Waals surface area contributed by atoms with Crippen molar-refractivity contribution in [2.24, 2.45) is 0 Å². The number of nitrogens with zero attached hydrogens (tertiary/aromatic N) is 3. The molecule has 1 N–H and O–H groups in total. The second-order valence-corrected chi connectivity index (χ2v) is 11.4. The largest absolute Gasteiger partial charge is 0.309 e. The second-order valence-electron chi connectivity index (χ2n) is 9.21. The molecule has 7 nitrogen and oxygen atoms in total. The number of amides is 1. The van der Waals surface area contributed by atoms with Crippen LogP contribution < -0.4 is 5.32 Å². The Morgan fingerprint density at radius 2 is 1.94 bits per heavy atom. The summed E-state index contributed by atoms with van der Waals surface area (Å²) in [5.41, 5.74) is 5.38. The average molecular weight is 489 g/mol. The molecule has 0 spiro atoms. The van der Waals surface area contributed by atoms with E-state index in [4.69, 9.17) is 11.5 Å². The predicted octanol–water partition coefficient (Wildman–Crippen LogP) is 3.09. The number of aryl methyl sites for hydroxylation is 2. The first-order valence-electron chi connectivity index (χ1n) is 11.9. The van der Waals surface area contributed by atoms with Crippen molar-refractivity contribution in [3.05, 3.63) is 65.7 Å². The van der Waals surface area contributed by atoms with Gasteiger partial charge < -0.3 is 5.32 Å². The van der Waals surface area contributed by atoms with Crippen LogP contribution in [-0.4, -0.2) is 59.6 Å². The van der Waals surface area contributed by atoms with E-state index in [-0.39, 0.29) is 36.5 Å². The standard InChI is InChI=1S/C27H28N4O3S/c1-2-14-30(24-13-15-35(33,34)19-24)18-27(32)28-26-17-25(29-31(26)23-9-4-3-5-10-23)22-12-11-20-7-6-8-21(20)16-22/h1,3-5,9-12,16-17,24H,6-8,13-15,18-19H2,(H,28,32). The monoisotopic (exact) mass is 488 g/mol. The third-order valence-electron chi connectivity index (χ3n) is 6.74. The molecule has 2 heterocycles. The van der Waals surface area contributed by atoms with Crippen LogP contribution in [0.2, 0.25) is 0 Å². The van der Waals surface area contributed by atoms with Crippen molar-refractivity contribution in [3.63, 3.8) is 0 Å². The summed E-state index contributed by atoms with van der Waals surface area (Å²) in [5.74, 6) is 3.01. The smallest absolute Gasteiger partial charge is 0.239 e. The number of fused-ring (bicyclic) bond motifs is 1. The predicted molar refractivity (Wildman–Crippen MR) is 137 cm³/mol. The maximum Gasteiger partial charge on any atom is 0.239 e. The van der Waals surface area contributed by atoms with E-state index >= 15 is 0 Å². The van der Waals surface area contributed by atoms with Crippen LogP contribution in [0.1, 0.15) is 24.0 Å². The quantitative estimate of drug-likeness (QED) is 0.517. The zero-order valence-corrected chi connectivity index (χ0v) is 20.3. The van der Waals surface area contributed by atoms with E-state index in [1.165, 1.54) is 17.5 Å². The van der Waals surface area contributed by atoms with Crippen LogP contribution in [-0.2, 0) is 27.5 Å². The van der Waals surface area contributed by atoms with E-state index < -0.39 is 9.84 Å². The second kappa shape index (κ2) is 9.68. The molecule has 1 atom stereocenters. The Morgan fingerprint density at radius 1 is 1.14 bits per heavy atom. The Balaban J connectivity index is 1.41. The Kier molecular flexibility index (Phi) is 6.46. The van der Waals surface area contributed by atoms with Gasteiger partial charge in [-0.1, -0.05) is 36.3 Å². The lowest BCUT2D eigenvalue weighted by Crippen LogP contribution is -2.42. The molecule has 0 radical (unpaired) electrons. The van der Waals surface area contributed by atoms with Gasteiger partial charge in [0.05, 0.1) is 36.0 Å². The van der Waals surface area contributed by atoms with Gasteiger partial charge in [-0.2, -0.15) is 5.10 Å². The minimum atomic E-state index is -3.08. The fourth-order valence-corrected chi connectivity index (χ4v) is 6.73. The van der Waals surface area contributed by atoms with Gasteiger partial charge in [0.25, 0.3) is 0 Å². The number of sulfone groups is 1. The number of rotatable bonds is 7. The molecule has 2 aromatic carbocycles. The van der Waals surface area contributed by atoms with Crippen LogP contribution in [0, 0.1) is 12.3 Å². The van der Waals surface area contributed by atoms with Crippen LogP contribution in [0.25, 0.3) is 16.9 Å². The summed E-state index contributed by atoms with van der Waals surface area (Å²) in [5, 5.41) is 7.80. The van der Waals surface area contributed by atoms with Gasteiger partial charge in [0.15, 0.2) is 9.84 Å². The first-order chi connectivity index (χ1) is 16.9. The van der Waals surface area contributed by atoms with Crippen molar-refractivity contribution in [1.29, 1.82) is 0 Å². The van der Waals surface area contributed by atoms with E-state index in [2.05, 4.69) is 29.4 Å². The molecular weight excluding hydrogens is 460 g/mol. The summed E-state index contributed by atoms with van der Waals surface area (Å²) in [4.78, 5) is 14.9. The lowest BCUT2D eigenvalue weighted by Gasteiger charge is -2.25. The fourth-order valence-electron chi connectivity index (χ4n) is 4.97. The van der Waals surface area contributed by atoms with Crippen molar-refractivity contribution in [2.45, 2.75) is 31.7 Å². The van der Waals surface area contributed by atoms with E-state index in [1.54, 1.807) is 9.58 Å². The maximum atomic E-state index is 13.1. The summed E-state index contributed by atoms with van der Waals surface area (Å²) >= 11 is 0. The van der Waals surface area contributed by atoms with Crippen LogP contribution in [0.15, 0.2) is 54.6 Å². The number of carbonyl (C=O) groups excluding carboxylic acids is 1. The van der Waals surface area contributed by atoms with Crippen LogP contribution in [0.3, 0.4) is 0 Å². The molecule has 0 bridgehead atoms. The van der Waals surface area contributed by atoms with Crippen molar-refractivity contribution in [2.75, 3.05) is 29.9 Å². The van der Waals surface area contributed by atoms with E-state index in [0.29, 0.717) is 12.2 Å². The summed E-state index contributed by atoms with van der Waals surface area (Å²) in [6.07, 6.45) is 9.37. The van der Waals surface area contributed by atoms with E-state index in [1.807, 2.05) is 36.4 Å². The summed E-state index contributed by atoms with van der Waals surface area (Å²) in [6.45, 7) is 0.227. The number of benzene rings is 2. The molecule has 1 fully saturated rings. The number of terminal acetylenes is 1. The van der Waals surface area contributed by atoms with Crippen LogP contribution in [0.5, 0.6) is 0 Å². The Bertz CT molecular complexity index is 1390. The van der Waals surface area contributed by atoms with E-state index in [0.717, 1.165) is 29.8 Å². The molecule has 3 aromatic rings. The zero-order chi connectivity index (χ0) is 24.4. The van der Waals surface area contributed by atoms with Gasteiger partial charge in [-0.05, 0) is 55.0 Å². The van der Waals surface area contributed by atoms with Crippen molar-refractivity contribution in [1.82, 2.24) is 14.7 Å². The molecule has 1 unspecified atom stereocenters. The average Bonchev–Trinajstić information content (AvgIpc) is 3.57. The first kappa shape index (κ1) is 23.3. The number of hydrogen-bond acceptors (Lipinski definition) is 5. The molecule has 1 aliphatic heterocycles. The topological polar surface area (TPSA) is 84.3 Å². The van der Waals surface area contributed by atoms with Crippen LogP contribution >= 0.6 is 0 Å². The van der Waals surface area contributed by atoms with Gasteiger partial charge in [-0.3, -0.25) is 9.69 Å². The highest BCUT2D eigenvalue weighted by atomic mass is 32.2. The lowest BCUT2D eigenvalue weighted by atomic mass is 10.0. The molecule has 35 heavy (non-hydrogen) atoms. The number of para-hydroxylation sites is 1. The van der Waals surface area contributed by atoms with Gasteiger partial charge in [-0.15, -0.1) is 6.42 Å². The fraction of sp³-hybridized carbons (Fsp3) is 0.333. The van der Waals surface area contributed by atoms with Crippen molar-refractivity contribution in [3.8, 4) is 29.3 Å². The number of aromatic nitrogens is 2. The highest BCUT2D eigenvalue weighted by Crippen LogP contribution is 2.30. The Hall–Kier alpha value is -3.41. The Morgan fingerprint density at radius 3 is 2.69 bits per heavy atom. The molecule has 180 valence electrons. The third-order valence-corrected chi connectivity index (χ3v) is 8.49. The molecule has 0 saturated carbocycles. The first-order valence-corrected chi connectivity index (χ1v) is 13.7. The number of anilines is 1. The van der Waals surface area contributed by atoms with E-state index in [9.17, 15) is 13.2 Å². The molecule has 8 heteroatoms. The molecule has 1 aromatic heterocycles. The van der Waals surface area contributed by atoms with Crippen LogP contribution in [0.4, 0.5) is 5.82 Å². The summed E-state index contributed by atoms with van der Waals surface area (Å²) in [6, 6.07) is 17.7. The minimum absolute atomic E-state index is 0.0124. The minimum Gasteiger partial charge on any atom is -0.309 e. The molecule has 1 amide bonds. The SMILES string of the molecule is C#CCN(CC(=O)Nc1cc(-c2ccc3c(c2)CCC3)nn1-c1ccccc1)C1CCS(=O)(=O)C1. The number of carbonyl (C=O) groups is 1. The highest BCUT2D eigenvalue weighted by molar-refractivity contribution is 7.91. The number of nitrogens with one attached hydrogen (secondary N) is 1. The van der Waals surface area contributed by atoms with Gasteiger partial charge in [0.1, 0.15) is 5.82 Å². The molecule has 5 rings (SSSR count). The van der Waals surface area contributed by atoms with Crippen molar-refractivity contribution >= 4 is 21.6 Å². The van der Waals surface area contributed by atoms with Gasteiger partial charge in [-0.25, -0.2) is 13.1 Å². The van der Waals surface area contributed by atoms with Gasteiger partial charge in [0, 0.05) is 17.7 Å². The summed E-state index contributed by atoms with van der Waals surface area (Å²) in [7, 11) is -3.08. The molecule has 1 aliphatic carbocycles. The number of hydrogen-bond donors (Lipinski definition) is 1. The molecular formula is C27H28N4O3S. The normalized spacial score (nSPS) is 18.3. The van der Waals surface area contributed by atoms with Gasteiger partial charge in [0.2, 0.25) is 5.91 Å². The maximum absolute atomic E-state index is 13.1. The third kappa shape index (κ3) is 5.16. The van der Waals surface area contributed by atoms with Crippen molar-refractivity contribution < 1.29 is 13.2 Å². The van der Waals surface area contributed by atoms with Gasteiger partial charge >= 0.3 is 0 Å². The molecule has 2 aliphatic rings.